The van der Waals surface area contributed by atoms with E-state index < -0.39 is 11.4 Å². The lowest BCUT2D eigenvalue weighted by atomic mass is 10.0. The Morgan fingerprint density at radius 1 is 1.13 bits per heavy atom. The fraction of sp³-hybridized carbons (Fsp3) is 0.111. The summed E-state index contributed by atoms with van der Waals surface area (Å²) in [5.74, 6) is -1.26. The third kappa shape index (κ3) is 2.46. The van der Waals surface area contributed by atoms with Crippen LogP contribution < -0.4 is 11.2 Å². The Morgan fingerprint density at radius 2 is 1.83 bits per heavy atom. The molecule has 0 fully saturated rings. The maximum Gasteiger partial charge on any atom is 0.341 e. The van der Waals surface area contributed by atoms with E-state index in [2.05, 4.69) is 0 Å². The zero-order valence-electron chi connectivity index (χ0n) is 12.6. The topological polar surface area (TPSA) is 85.3 Å². The average molecular weight is 308 g/mol. The first-order chi connectivity index (χ1) is 11.0. The second-order valence-corrected chi connectivity index (χ2v) is 5.41. The summed E-state index contributed by atoms with van der Waals surface area (Å²) in [6.07, 6.45) is 1.39. The van der Waals surface area contributed by atoms with Crippen molar-refractivity contribution >= 4 is 22.6 Å². The number of carboxylic acids is 1. The fourth-order valence-corrected chi connectivity index (χ4v) is 2.79. The van der Waals surface area contributed by atoms with E-state index in [0.717, 1.165) is 5.56 Å². The van der Waals surface area contributed by atoms with E-state index in [1.165, 1.54) is 6.20 Å². The van der Waals surface area contributed by atoms with Crippen LogP contribution in [-0.2, 0) is 0 Å². The van der Waals surface area contributed by atoms with Gasteiger partial charge in [0, 0.05) is 11.9 Å². The summed E-state index contributed by atoms with van der Waals surface area (Å²) in [6, 6.07) is 14.7. The number of fused-ring (bicyclic) bond motifs is 1. The van der Waals surface area contributed by atoms with E-state index in [0.29, 0.717) is 5.52 Å². The van der Waals surface area contributed by atoms with Crippen LogP contribution in [0.2, 0.25) is 0 Å². The van der Waals surface area contributed by atoms with Crippen LogP contribution in [0.1, 0.15) is 28.9 Å². The van der Waals surface area contributed by atoms with E-state index in [4.69, 9.17) is 5.73 Å². The normalized spacial score (nSPS) is 12.2. The molecular weight excluding hydrogens is 292 g/mol. The van der Waals surface area contributed by atoms with Gasteiger partial charge in [-0.2, -0.15) is 0 Å². The summed E-state index contributed by atoms with van der Waals surface area (Å²) in [5, 5.41) is 9.58. The minimum Gasteiger partial charge on any atom is -0.477 e. The van der Waals surface area contributed by atoms with Crippen molar-refractivity contribution in [3.63, 3.8) is 0 Å². The fourth-order valence-electron chi connectivity index (χ4n) is 2.79. The van der Waals surface area contributed by atoms with E-state index in [1.54, 1.807) is 22.8 Å². The lowest BCUT2D eigenvalue weighted by Crippen LogP contribution is -2.21. The Hall–Kier alpha value is -3.08. The highest BCUT2D eigenvalue weighted by Crippen LogP contribution is 2.25. The van der Waals surface area contributed by atoms with Gasteiger partial charge in [0.2, 0.25) is 5.43 Å². The van der Waals surface area contributed by atoms with Crippen molar-refractivity contribution in [1.82, 2.24) is 4.57 Å². The molecule has 5 nitrogen and oxygen atoms in total. The summed E-state index contributed by atoms with van der Waals surface area (Å²) in [6.45, 7) is 1.95. The van der Waals surface area contributed by atoms with Gasteiger partial charge in [-0.3, -0.25) is 4.79 Å². The molecule has 3 rings (SSSR count). The van der Waals surface area contributed by atoms with Crippen LogP contribution in [-0.4, -0.2) is 15.6 Å². The van der Waals surface area contributed by atoms with E-state index in [1.807, 2.05) is 37.3 Å². The number of pyridine rings is 1. The number of nitrogens with zero attached hydrogens (tertiary/aromatic N) is 1. The third-order valence-electron chi connectivity index (χ3n) is 4.02. The second kappa shape index (κ2) is 5.61. The van der Waals surface area contributed by atoms with Gasteiger partial charge in [0.25, 0.3) is 0 Å². The first-order valence-corrected chi connectivity index (χ1v) is 7.22. The number of benzene rings is 2. The van der Waals surface area contributed by atoms with Crippen LogP contribution in [0.3, 0.4) is 0 Å². The first kappa shape index (κ1) is 14.8. The van der Waals surface area contributed by atoms with Gasteiger partial charge in [0.05, 0.1) is 16.9 Å². The molecule has 1 heterocycles. The molecule has 0 saturated carbocycles. The molecule has 0 bridgehead atoms. The van der Waals surface area contributed by atoms with Crippen LogP contribution in [0.15, 0.2) is 59.5 Å². The molecule has 0 aliphatic carbocycles. The minimum atomic E-state index is -1.26. The number of aromatic nitrogens is 1. The molecule has 5 heteroatoms. The molecule has 23 heavy (non-hydrogen) atoms. The zero-order chi connectivity index (χ0) is 16.6. The summed E-state index contributed by atoms with van der Waals surface area (Å²) >= 11 is 0. The second-order valence-electron chi connectivity index (χ2n) is 5.41. The number of carboxylic acid groups (broad SMARTS) is 1. The Bertz CT molecular complexity index is 946. The Labute approximate surface area is 132 Å². The van der Waals surface area contributed by atoms with Gasteiger partial charge >= 0.3 is 5.97 Å². The lowest BCUT2D eigenvalue weighted by Gasteiger charge is -2.20. The van der Waals surface area contributed by atoms with Crippen molar-refractivity contribution in [1.29, 1.82) is 0 Å². The predicted molar refractivity (Wildman–Crippen MR) is 89.8 cm³/mol. The van der Waals surface area contributed by atoms with E-state index in [9.17, 15) is 14.7 Å². The number of carbonyl (C=O) groups is 1. The number of rotatable bonds is 3. The van der Waals surface area contributed by atoms with Crippen molar-refractivity contribution in [3.8, 4) is 0 Å². The first-order valence-electron chi connectivity index (χ1n) is 7.22. The van der Waals surface area contributed by atoms with Gasteiger partial charge in [-0.05, 0) is 24.6 Å². The SMILES string of the molecule is CC(c1ccccc1)n1cc(C(=O)O)c(=O)c2c(N)cccc21. The van der Waals surface area contributed by atoms with Crippen molar-refractivity contribution in [2.24, 2.45) is 0 Å². The largest absolute Gasteiger partial charge is 0.477 e. The van der Waals surface area contributed by atoms with E-state index >= 15 is 0 Å². The molecule has 0 aliphatic rings. The monoisotopic (exact) mass is 308 g/mol. The number of aromatic carboxylic acids is 1. The Balaban J connectivity index is 2.37. The standard InChI is InChI=1S/C18H16N2O3/c1-11(12-6-3-2-4-7-12)20-10-13(18(22)23)17(21)16-14(19)8-5-9-15(16)20/h2-11H,19H2,1H3,(H,22,23). The van der Waals surface area contributed by atoms with Gasteiger partial charge in [0.1, 0.15) is 5.56 Å². The van der Waals surface area contributed by atoms with Crippen LogP contribution in [0.25, 0.3) is 10.9 Å². The van der Waals surface area contributed by atoms with Gasteiger partial charge in [-0.15, -0.1) is 0 Å². The van der Waals surface area contributed by atoms with E-state index in [-0.39, 0.29) is 22.7 Å². The molecule has 1 unspecified atom stereocenters. The highest BCUT2D eigenvalue weighted by atomic mass is 16.4. The number of hydrogen-bond acceptors (Lipinski definition) is 3. The molecule has 2 aromatic carbocycles. The Morgan fingerprint density at radius 3 is 2.48 bits per heavy atom. The molecule has 0 saturated heterocycles. The molecular formula is C18H16N2O3. The van der Waals surface area contributed by atoms with Gasteiger partial charge in [-0.1, -0.05) is 36.4 Å². The molecule has 1 atom stereocenters. The maximum absolute atomic E-state index is 12.4. The van der Waals surface area contributed by atoms with Crippen molar-refractivity contribution in [2.45, 2.75) is 13.0 Å². The molecule has 0 radical (unpaired) electrons. The third-order valence-corrected chi connectivity index (χ3v) is 4.02. The number of nitrogens with two attached hydrogens (primary N) is 1. The smallest absolute Gasteiger partial charge is 0.341 e. The quantitative estimate of drug-likeness (QED) is 0.729. The molecule has 0 aliphatic heterocycles. The highest BCUT2D eigenvalue weighted by Gasteiger charge is 2.19. The van der Waals surface area contributed by atoms with Crippen molar-refractivity contribution in [2.75, 3.05) is 5.73 Å². The van der Waals surface area contributed by atoms with Crippen LogP contribution >= 0.6 is 0 Å². The zero-order valence-corrected chi connectivity index (χ0v) is 12.6. The lowest BCUT2D eigenvalue weighted by molar-refractivity contribution is 0.0695. The highest BCUT2D eigenvalue weighted by molar-refractivity contribution is 5.97. The molecule has 116 valence electrons. The van der Waals surface area contributed by atoms with Gasteiger partial charge in [-0.25, -0.2) is 4.79 Å². The van der Waals surface area contributed by atoms with Crippen molar-refractivity contribution < 1.29 is 9.90 Å². The number of nitrogen functional groups attached to an aromatic ring is 1. The summed E-state index contributed by atoms with van der Waals surface area (Å²) < 4.78 is 1.78. The van der Waals surface area contributed by atoms with Gasteiger partial charge in [0.15, 0.2) is 0 Å². The molecule has 1 aromatic heterocycles. The number of anilines is 1. The maximum atomic E-state index is 12.4. The van der Waals surface area contributed by atoms with Crippen LogP contribution in [0.5, 0.6) is 0 Å². The summed E-state index contributed by atoms with van der Waals surface area (Å²) in [7, 11) is 0. The van der Waals surface area contributed by atoms with Crippen molar-refractivity contribution in [3.05, 3.63) is 76.1 Å². The number of hydrogen-bond donors (Lipinski definition) is 2. The summed E-state index contributed by atoms with van der Waals surface area (Å²) in [4.78, 5) is 23.9. The van der Waals surface area contributed by atoms with Crippen LogP contribution in [0.4, 0.5) is 5.69 Å². The Kier molecular flexibility index (Phi) is 3.62. The summed E-state index contributed by atoms with van der Waals surface area (Å²) in [5.41, 5.74) is 7.01. The molecule has 3 N–H and O–H groups in total. The minimum absolute atomic E-state index is 0.140. The molecule has 3 aromatic rings. The van der Waals surface area contributed by atoms with Crippen LogP contribution in [0, 0.1) is 0 Å². The predicted octanol–water partition coefficient (Wildman–Crippen LogP) is 2.89. The average Bonchev–Trinajstić information content (AvgIpc) is 2.55. The molecule has 0 spiro atoms. The van der Waals surface area contributed by atoms with Gasteiger partial charge < -0.3 is 15.4 Å². The molecule has 0 amide bonds.